The zero-order valence-corrected chi connectivity index (χ0v) is 15.3. The highest BCUT2D eigenvalue weighted by Gasteiger charge is 2.24. The number of hydrogen-bond donors (Lipinski definition) is 2. The molecule has 5 heteroatoms. The van der Waals surface area contributed by atoms with E-state index in [1.807, 2.05) is 47.5 Å². The number of carbonyl (C=O) groups excluding carboxylic acids is 1. The van der Waals surface area contributed by atoms with Crippen molar-refractivity contribution in [1.82, 2.24) is 20.4 Å². The van der Waals surface area contributed by atoms with Crippen molar-refractivity contribution in [2.24, 2.45) is 0 Å². The summed E-state index contributed by atoms with van der Waals surface area (Å²) in [4.78, 5) is 14.9. The molecule has 3 aromatic rings. The first kappa shape index (κ1) is 17.3. The van der Waals surface area contributed by atoms with E-state index in [0.717, 1.165) is 30.4 Å². The van der Waals surface area contributed by atoms with Crippen molar-refractivity contribution >= 4 is 6.03 Å². The predicted octanol–water partition coefficient (Wildman–Crippen LogP) is 3.68. The van der Waals surface area contributed by atoms with E-state index >= 15 is 0 Å². The smallest absolute Gasteiger partial charge is 0.318 e. The Bertz CT molecular complexity index is 834. The fraction of sp³-hybridized carbons (Fsp3) is 0.273. The molecule has 2 aromatic carbocycles. The van der Waals surface area contributed by atoms with Gasteiger partial charge in [0, 0.05) is 24.8 Å². The Morgan fingerprint density at radius 1 is 1.04 bits per heavy atom. The Morgan fingerprint density at radius 3 is 2.30 bits per heavy atom. The van der Waals surface area contributed by atoms with Gasteiger partial charge in [0.2, 0.25) is 0 Å². The molecule has 4 rings (SSSR count). The topological polar surface area (TPSA) is 61.0 Å². The summed E-state index contributed by atoms with van der Waals surface area (Å²) in [7, 11) is 0. The van der Waals surface area contributed by atoms with Crippen molar-refractivity contribution in [1.29, 1.82) is 0 Å². The van der Waals surface area contributed by atoms with Crippen molar-refractivity contribution in [2.45, 2.75) is 38.4 Å². The van der Waals surface area contributed by atoms with Crippen molar-refractivity contribution < 1.29 is 4.79 Å². The van der Waals surface area contributed by atoms with E-state index < -0.39 is 0 Å². The summed E-state index contributed by atoms with van der Waals surface area (Å²) in [6.45, 7) is 1.18. The largest absolute Gasteiger partial charge is 0.335 e. The number of aromatic nitrogens is 2. The van der Waals surface area contributed by atoms with Crippen LogP contribution in [0.15, 0.2) is 66.9 Å². The van der Waals surface area contributed by atoms with Gasteiger partial charge < -0.3 is 10.2 Å². The quantitative estimate of drug-likeness (QED) is 0.729. The van der Waals surface area contributed by atoms with Crippen molar-refractivity contribution in [2.75, 3.05) is 0 Å². The number of amides is 2. The van der Waals surface area contributed by atoms with E-state index in [2.05, 4.69) is 39.8 Å². The van der Waals surface area contributed by atoms with Gasteiger partial charge in [-0.25, -0.2) is 4.79 Å². The maximum Gasteiger partial charge on any atom is 0.318 e. The van der Waals surface area contributed by atoms with Gasteiger partial charge in [0.05, 0.1) is 6.20 Å². The highest BCUT2D eigenvalue weighted by Crippen LogP contribution is 2.19. The molecule has 2 amide bonds. The number of carbonyl (C=O) groups is 1. The van der Waals surface area contributed by atoms with E-state index in [1.54, 1.807) is 0 Å². The lowest BCUT2D eigenvalue weighted by atomic mass is 9.94. The van der Waals surface area contributed by atoms with Crippen LogP contribution in [0.2, 0.25) is 0 Å². The van der Waals surface area contributed by atoms with Crippen LogP contribution in [0.25, 0.3) is 0 Å². The Morgan fingerprint density at radius 2 is 1.67 bits per heavy atom. The number of H-pyrrole nitrogens is 1. The molecule has 0 radical (unpaired) electrons. The molecular formula is C22H24N4O. The van der Waals surface area contributed by atoms with Gasteiger partial charge in [0.1, 0.15) is 0 Å². The number of fused-ring (bicyclic) bond motifs is 1. The monoisotopic (exact) mass is 360 g/mol. The Labute approximate surface area is 159 Å². The zero-order chi connectivity index (χ0) is 18.5. The molecule has 1 aliphatic rings. The number of benzene rings is 2. The molecule has 0 bridgehead atoms. The van der Waals surface area contributed by atoms with E-state index in [9.17, 15) is 4.79 Å². The summed E-state index contributed by atoms with van der Waals surface area (Å²) in [5.41, 5.74) is 4.67. The number of hydrogen-bond acceptors (Lipinski definition) is 2. The first-order valence-corrected chi connectivity index (χ1v) is 9.42. The van der Waals surface area contributed by atoms with E-state index in [4.69, 9.17) is 0 Å². The normalized spacial score (nSPS) is 15.8. The SMILES string of the molecule is O=C(NC1CCc2[nH]ncc2C1)N(Cc1ccccc1)Cc1ccccc1. The molecule has 0 saturated carbocycles. The number of nitrogens with zero attached hydrogens (tertiary/aromatic N) is 2. The number of urea groups is 1. The Hall–Kier alpha value is -3.08. The van der Waals surface area contributed by atoms with E-state index in [-0.39, 0.29) is 12.1 Å². The number of nitrogens with one attached hydrogen (secondary N) is 2. The number of aryl methyl sites for hydroxylation is 1. The Balaban J connectivity index is 1.46. The molecule has 27 heavy (non-hydrogen) atoms. The fourth-order valence-electron chi connectivity index (χ4n) is 3.61. The van der Waals surface area contributed by atoms with Gasteiger partial charge in [-0.05, 0) is 36.0 Å². The minimum atomic E-state index is -0.0142. The molecule has 2 N–H and O–H groups in total. The van der Waals surface area contributed by atoms with Gasteiger partial charge in [-0.15, -0.1) is 0 Å². The predicted molar refractivity (Wildman–Crippen MR) is 105 cm³/mol. The minimum Gasteiger partial charge on any atom is -0.335 e. The third-order valence-corrected chi connectivity index (χ3v) is 5.06. The second kappa shape index (κ2) is 8.08. The third kappa shape index (κ3) is 4.37. The fourth-order valence-corrected chi connectivity index (χ4v) is 3.61. The summed E-state index contributed by atoms with van der Waals surface area (Å²) in [6.07, 6.45) is 4.57. The summed E-state index contributed by atoms with van der Waals surface area (Å²) in [6, 6.07) is 20.4. The highest BCUT2D eigenvalue weighted by molar-refractivity contribution is 5.74. The standard InChI is InChI=1S/C22H24N4O/c27-22(24-20-11-12-21-19(13-20)14-23-25-21)26(15-17-7-3-1-4-8-17)16-18-9-5-2-6-10-18/h1-10,14,20H,11-13,15-16H2,(H,23,25)(H,24,27). The number of rotatable bonds is 5. The van der Waals surface area contributed by atoms with Crippen LogP contribution in [0.4, 0.5) is 4.79 Å². The second-order valence-corrected chi connectivity index (χ2v) is 7.09. The zero-order valence-electron chi connectivity index (χ0n) is 15.3. The average molecular weight is 360 g/mol. The summed E-state index contributed by atoms with van der Waals surface area (Å²) in [5, 5.41) is 10.4. The first-order valence-electron chi connectivity index (χ1n) is 9.42. The highest BCUT2D eigenvalue weighted by atomic mass is 16.2. The maximum absolute atomic E-state index is 13.1. The lowest BCUT2D eigenvalue weighted by Gasteiger charge is -2.28. The Kier molecular flexibility index (Phi) is 5.19. The minimum absolute atomic E-state index is 0.0142. The van der Waals surface area contributed by atoms with E-state index in [1.165, 1.54) is 11.3 Å². The van der Waals surface area contributed by atoms with Gasteiger partial charge >= 0.3 is 6.03 Å². The molecule has 5 nitrogen and oxygen atoms in total. The molecule has 1 aromatic heterocycles. The molecule has 0 fully saturated rings. The van der Waals surface area contributed by atoms with Crippen molar-refractivity contribution in [3.63, 3.8) is 0 Å². The maximum atomic E-state index is 13.1. The molecule has 1 atom stereocenters. The third-order valence-electron chi connectivity index (χ3n) is 5.06. The molecule has 138 valence electrons. The molecule has 1 heterocycles. The molecule has 1 aliphatic carbocycles. The average Bonchev–Trinajstić information content (AvgIpc) is 3.17. The van der Waals surface area contributed by atoms with Gasteiger partial charge in [-0.1, -0.05) is 60.7 Å². The van der Waals surface area contributed by atoms with Crippen LogP contribution in [-0.2, 0) is 25.9 Å². The van der Waals surface area contributed by atoms with Gasteiger partial charge in [-0.3, -0.25) is 5.10 Å². The van der Waals surface area contributed by atoms with Crippen LogP contribution in [-0.4, -0.2) is 27.2 Å². The van der Waals surface area contributed by atoms with Crippen LogP contribution < -0.4 is 5.32 Å². The van der Waals surface area contributed by atoms with Crippen LogP contribution >= 0.6 is 0 Å². The van der Waals surface area contributed by atoms with Crippen molar-refractivity contribution in [3.05, 3.63) is 89.2 Å². The van der Waals surface area contributed by atoms with Gasteiger partial charge in [0.25, 0.3) is 0 Å². The van der Waals surface area contributed by atoms with Gasteiger partial charge in [0.15, 0.2) is 0 Å². The molecular weight excluding hydrogens is 336 g/mol. The van der Waals surface area contributed by atoms with Crippen LogP contribution in [0, 0.1) is 0 Å². The van der Waals surface area contributed by atoms with Crippen LogP contribution in [0.3, 0.4) is 0 Å². The van der Waals surface area contributed by atoms with Gasteiger partial charge in [-0.2, -0.15) is 5.10 Å². The van der Waals surface area contributed by atoms with Crippen LogP contribution in [0.1, 0.15) is 28.8 Å². The van der Waals surface area contributed by atoms with Crippen molar-refractivity contribution in [3.8, 4) is 0 Å². The molecule has 0 saturated heterocycles. The van der Waals surface area contributed by atoms with Crippen LogP contribution in [0.5, 0.6) is 0 Å². The first-order chi connectivity index (χ1) is 13.3. The second-order valence-electron chi connectivity index (χ2n) is 7.09. The lowest BCUT2D eigenvalue weighted by Crippen LogP contribution is -2.46. The summed E-state index contributed by atoms with van der Waals surface area (Å²) < 4.78 is 0. The lowest BCUT2D eigenvalue weighted by molar-refractivity contribution is 0.187. The summed E-state index contributed by atoms with van der Waals surface area (Å²) in [5.74, 6) is 0. The molecule has 0 spiro atoms. The van der Waals surface area contributed by atoms with E-state index in [0.29, 0.717) is 13.1 Å². The molecule has 1 unspecified atom stereocenters. The summed E-state index contributed by atoms with van der Waals surface area (Å²) >= 11 is 0. The number of aromatic amines is 1. The molecule has 0 aliphatic heterocycles.